The number of halogens is 1. The number of fused-ring (bicyclic) bond motifs is 1. The highest BCUT2D eigenvalue weighted by molar-refractivity contribution is 6.32. The lowest BCUT2D eigenvalue weighted by Crippen LogP contribution is -2.27. The first-order valence-electron chi connectivity index (χ1n) is 12.0. The number of aromatic nitrogens is 2. The van der Waals surface area contributed by atoms with Crippen LogP contribution in [0, 0.1) is 27.7 Å². The monoisotopic (exact) mass is 489 g/mol. The Kier molecular flexibility index (Phi) is 7.76. The summed E-state index contributed by atoms with van der Waals surface area (Å²) in [6.07, 6.45) is 1.49. The molecule has 1 N–H and O–H groups in total. The van der Waals surface area contributed by atoms with Gasteiger partial charge in [0.1, 0.15) is 11.6 Å². The van der Waals surface area contributed by atoms with Crippen molar-refractivity contribution in [3.05, 3.63) is 93.3 Å². The van der Waals surface area contributed by atoms with E-state index >= 15 is 0 Å². The summed E-state index contributed by atoms with van der Waals surface area (Å²) in [6.45, 7) is 9.88. The van der Waals surface area contributed by atoms with Crippen molar-refractivity contribution in [1.29, 1.82) is 0 Å². The van der Waals surface area contributed by atoms with Gasteiger partial charge in [-0.3, -0.25) is 4.79 Å². The van der Waals surface area contributed by atoms with Crippen LogP contribution in [0.1, 0.15) is 44.9 Å². The Balaban J connectivity index is 1.39. The van der Waals surface area contributed by atoms with Gasteiger partial charge < -0.3 is 14.6 Å². The number of aryl methyl sites for hydroxylation is 5. The lowest BCUT2D eigenvalue weighted by molar-refractivity contribution is 0.0953. The van der Waals surface area contributed by atoms with Crippen molar-refractivity contribution in [1.82, 2.24) is 14.9 Å². The molecule has 1 amide bonds. The fourth-order valence-corrected chi connectivity index (χ4v) is 4.53. The Hall–Kier alpha value is -3.31. The molecule has 0 saturated heterocycles. The highest BCUT2D eigenvalue weighted by Gasteiger charge is 2.13. The van der Waals surface area contributed by atoms with Crippen molar-refractivity contribution >= 4 is 28.5 Å². The maximum Gasteiger partial charge on any atom is 0.251 e. The van der Waals surface area contributed by atoms with E-state index in [1.54, 1.807) is 0 Å². The summed E-state index contributed by atoms with van der Waals surface area (Å²) in [4.78, 5) is 17.5. The number of imidazole rings is 1. The van der Waals surface area contributed by atoms with Gasteiger partial charge in [0, 0.05) is 30.1 Å². The minimum absolute atomic E-state index is 0.0490. The van der Waals surface area contributed by atoms with Crippen LogP contribution in [0.3, 0.4) is 0 Å². The van der Waals surface area contributed by atoms with Gasteiger partial charge >= 0.3 is 0 Å². The summed E-state index contributed by atoms with van der Waals surface area (Å²) in [5, 5.41) is 3.84. The summed E-state index contributed by atoms with van der Waals surface area (Å²) in [5.41, 5.74) is 6.96. The summed E-state index contributed by atoms with van der Waals surface area (Å²) in [7, 11) is 0. The number of hydrogen-bond acceptors (Lipinski definition) is 3. The number of carbonyl (C=O) groups excluding carboxylic acids is 1. The van der Waals surface area contributed by atoms with Crippen LogP contribution in [-0.2, 0) is 13.0 Å². The number of benzene rings is 3. The number of hydrogen-bond donors (Lipinski definition) is 1. The number of nitrogens with zero attached hydrogens (tertiary/aromatic N) is 2. The standard InChI is InChI=1S/C29H32ClN3O2/c1-19-10-11-24(20(2)16-19)29(34)31-13-12-27-32-25-8-5-6-9-26(25)33(27)14-7-15-35-23-17-21(3)28(30)22(4)18-23/h5-6,8-11,16-18H,7,12-15H2,1-4H3,(H,31,34). The molecule has 35 heavy (non-hydrogen) atoms. The number of rotatable bonds is 9. The second-order valence-electron chi connectivity index (χ2n) is 9.07. The molecule has 0 radical (unpaired) electrons. The molecule has 0 unspecified atom stereocenters. The Morgan fingerprint density at radius 3 is 2.49 bits per heavy atom. The SMILES string of the molecule is Cc1ccc(C(=O)NCCc2nc3ccccc3n2CCCOc2cc(C)c(Cl)c(C)c2)c(C)c1. The maximum atomic E-state index is 12.7. The van der Waals surface area contributed by atoms with Crippen LogP contribution in [0.2, 0.25) is 5.02 Å². The molecule has 0 aliphatic heterocycles. The minimum Gasteiger partial charge on any atom is -0.494 e. The number of carbonyl (C=O) groups is 1. The first-order chi connectivity index (χ1) is 16.8. The van der Waals surface area contributed by atoms with E-state index in [4.69, 9.17) is 21.3 Å². The van der Waals surface area contributed by atoms with Crippen molar-refractivity contribution in [3.8, 4) is 5.75 Å². The molecule has 5 nitrogen and oxygen atoms in total. The largest absolute Gasteiger partial charge is 0.494 e. The van der Waals surface area contributed by atoms with E-state index < -0.39 is 0 Å². The molecule has 0 aliphatic carbocycles. The van der Waals surface area contributed by atoms with Crippen LogP contribution in [0.15, 0.2) is 54.6 Å². The second kappa shape index (κ2) is 11.0. The van der Waals surface area contributed by atoms with E-state index in [-0.39, 0.29) is 5.91 Å². The molecule has 182 valence electrons. The summed E-state index contributed by atoms with van der Waals surface area (Å²) < 4.78 is 8.24. The molecule has 0 atom stereocenters. The van der Waals surface area contributed by atoms with Crippen molar-refractivity contribution in [2.45, 2.75) is 47.1 Å². The van der Waals surface area contributed by atoms with Crippen molar-refractivity contribution < 1.29 is 9.53 Å². The molecular weight excluding hydrogens is 458 g/mol. The van der Waals surface area contributed by atoms with Crippen LogP contribution in [0.5, 0.6) is 5.75 Å². The lowest BCUT2D eigenvalue weighted by Gasteiger charge is -2.13. The zero-order chi connectivity index (χ0) is 24.9. The Labute approximate surface area is 212 Å². The molecule has 0 spiro atoms. The van der Waals surface area contributed by atoms with E-state index in [1.165, 1.54) is 0 Å². The smallest absolute Gasteiger partial charge is 0.251 e. The average molecular weight is 490 g/mol. The van der Waals surface area contributed by atoms with Gasteiger partial charge in [0.25, 0.3) is 5.91 Å². The normalized spacial score (nSPS) is 11.1. The molecule has 4 aromatic rings. The zero-order valence-corrected chi connectivity index (χ0v) is 21.6. The van der Waals surface area contributed by atoms with Crippen LogP contribution < -0.4 is 10.1 Å². The van der Waals surface area contributed by atoms with Crippen LogP contribution >= 0.6 is 11.6 Å². The molecular formula is C29H32ClN3O2. The van der Waals surface area contributed by atoms with Crippen molar-refractivity contribution in [3.63, 3.8) is 0 Å². The van der Waals surface area contributed by atoms with Gasteiger partial charge in [-0.05, 0) is 81.1 Å². The van der Waals surface area contributed by atoms with Gasteiger partial charge in [-0.15, -0.1) is 0 Å². The van der Waals surface area contributed by atoms with Crippen molar-refractivity contribution in [2.24, 2.45) is 0 Å². The quantitative estimate of drug-likeness (QED) is 0.278. The lowest BCUT2D eigenvalue weighted by atomic mass is 10.1. The summed E-state index contributed by atoms with van der Waals surface area (Å²) >= 11 is 6.27. The third-order valence-corrected chi connectivity index (χ3v) is 6.80. The van der Waals surface area contributed by atoms with E-state index in [2.05, 4.69) is 16.0 Å². The van der Waals surface area contributed by atoms with Crippen molar-refractivity contribution in [2.75, 3.05) is 13.2 Å². The van der Waals surface area contributed by atoms with Crippen LogP contribution in [0.4, 0.5) is 0 Å². The average Bonchev–Trinajstić information content (AvgIpc) is 3.17. The molecule has 0 saturated carbocycles. The highest BCUT2D eigenvalue weighted by Crippen LogP contribution is 2.26. The van der Waals surface area contributed by atoms with Gasteiger partial charge in [0.05, 0.1) is 17.6 Å². The molecule has 0 fully saturated rings. The van der Waals surface area contributed by atoms with E-state index in [9.17, 15) is 4.79 Å². The zero-order valence-electron chi connectivity index (χ0n) is 20.8. The minimum atomic E-state index is -0.0490. The summed E-state index contributed by atoms with van der Waals surface area (Å²) in [6, 6.07) is 18.0. The third kappa shape index (κ3) is 5.85. The number of nitrogens with one attached hydrogen (secondary N) is 1. The Bertz CT molecular complexity index is 1340. The molecule has 4 rings (SSSR count). The molecule has 0 bridgehead atoms. The molecule has 1 aromatic heterocycles. The maximum absolute atomic E-state index is 12.7. The molecule has 3 aromatic carbocycles. The van der Waals surface area contributed by atoms with Gasteiger partial charge in [0.2, 0.25) is 0 Å². The molecule has 0 aliphatic rings. The van der Waals surface area contributed by atoms with Gasteiger partial charge in [-0.25, -0.2) is 4.98 Å². The number of amides is 1. The van der Waals surface area contributed by atoms with Gasteiger partial charge in [0.15, 0.2) is 0 Å². The predicted octanol–water partition coefficient (Wildman–Crippen LogP) is 6.36. The molecule has 1 heterocycles. The predicted molar refractivity (Wildman–Crippen MR) is 143 cm³/mol. The molecule has 6 heteroatoms. The van der Waals surface area contributed by atoms with E-state index in [1.807, 2.05) is 76.2 Å². The van der Waals surface area contributed by atoms with E-state index in [0.29, 0.717) is 25.1 Å². The third-order valence-electron chi connectivity index (χ3n) is 6.20. The van der Waals surface area contributed by atoms with Gasteiger partial charge in [-0.2, -0.15) is 0 Å². The van der Waals surface area contributed by atoms with E-state index in [0.717, 1.165) is 62.8 Å². The highest BCUT2D eigenvalue weighted by atomic mass is 35.5. The fourth-order valence-electron chi connectivity index (χ4n) is 4.42. The summed E-state index contributed by atoms with van der Waals surface area (Å²) in [5.74, 6) is 1.76. The van der Waals surface area contributed by atoms with Gasteiger partial charge in [-0.1, -0.05) is 41.4 Å². The Morgan fingerprint density at radius 2 is 1.74 bits per heavy atom. The first kappa shape index (κ1) is 24.8. The van der Waals surface area contributed by atoms with Crippen LogP contribution in [-0.4, -0.2) is 28.6 Å². The fraction of sp³-hybridized carbons (Fsp3) is 0.310. The Morgan fingerprint density at radius 1 is 1.00 bits per heavy atom. The second-order valence-corrected chi connectivity index (χ2v) is 9.44. The van der Waals surface area contributed by atoms with Crippen LogP contribution in [0.25, 0.3) is 11.0 Å². The topological polar surface area (TPSA) is 56.2 Å². The number of ether oxygens (including phenoxy) is 1. The number of para-hydroxylation sites is 2. The first-order valence-corrected chi connectivity index (χ1v) is 12.4.